The molecule has 0 aliphatic carbocycles. The summed E-state index contributed by atoms with van der Waals surface area (Å²) in [5, 5.41) is 4.52. The summed E-state index contributed by atoms with van der Waals surface area (Å²) in [6.07, 6.45) is -3.27. The number of benzene rings is 1. The third kappa shape index (κ3) is 2.73. The van der Waals surface area contributed by atoms with Crippen molar-refractivity contribution in [2.45, 2.75) is 29.6 Å². The summed E-state index contributed by atoms with van der Waals surface area (Å²) in [4.78, 5) is 7.89. The Morgan fingerprint density at radius 1 is 1.29 bits per heavy atom. The highest BCUT2D eigenvalue weighted by Crippen LogP contribution is 2.32. The van der Waals surface area contributed by atoms with Gasteiger partial charge in [0, 0.05) is 11.4 Å². The molecule has 0 fully saturated rings. The fraction of sp³-hybridized carbons (Fsp3) is 0.214. The van der Waals surface area contributed by atoms with E-state index < -0.39 is 22.5 Å². The van der Waals surface area contributed by atoms with Gasteiger partial charge in [-0.1, -0.05) is 6.07 Å². The van der Waals surface area contributed by atoms with Gasteiger partial charge in [0.05, 0.1) is 10.9 Å². The lowest BCUT2D eigenvalue weighted by molar-refractivity contribution is -0.137. The average molecular weight is 355 g/mol. The van der Waals surface area contributed by atoms with Gasteiger partial charge in [-0.05, 0) is 25.1 Å². The van der Waals surface area contributed by atoms with E-state index in [9.17, 15) is 17.4 Å². The lowest BCUT2D eigenvalue weighted by Gasteiger charge is -2.08. The molecule has 0 radical (unpaired) electrons. The minimum Gasteiger partial charge on any atom is -0.383 e. The Hall–Kier alpha value is -2.49. The number of fused-ring (bicyclic) bond motifs is 1. The minimum atomic E-state index is -4.52. The third-order valence-electron chi connectivity index (χ3n) is 3.38. The molecule has 10 heteroatoms. The van der Waals surface area contributed by atoms with E-state index in [1.54, 1.807) is 0 Å². The van der Waals surface area contributed by atoms with Crippen LogP contribution in [0.1, 0.15) is 12.5 Å². The van der Waals surface area contributed by atoms with Gasteiger partial charge in [0.2, 0.25) is 0 Å². The molecule has 0 aliphatic rings. The van der Waals surface area contributed by atoms with Crippen LogP contribution < -0.4 is 5.73 Å². The average Bonchev–Trinajstić information content (AvgIpc) is 2.93. The Bertz CT molecular complexity index is 938. The molecule has 0 bridgehead atoms. The molecule has 126 valence electrons. The van der Waals surface area contributed by atoms with Gasteiger partial charge in [0.25, 0.3) is 0 Å². The number of halogens is 3. The van der Waals surface area contributed by atoms with Crippen molar-refractivity contribution in [3.05, 3.63) is 36.2 Å². The predicted octanol–water partition coefficient (Wildman–Crippen LogP) is 2.61. The Morgan fingerprint density at radius 3 is 2.71 bits per heavy atom. The van der Waals surface area contributed by atoms with Crippen LogP contribution in [0.5, 0.6) is 0 Å². The predicted molar refractivity (Wildman–Crippen MR) is 81.5 cm³/mol. The summed E-state index contributed by atoms with van der Waals surface area (Å²) in [5.74, 6) is 0.0787. The van der Waals surface area contributed by atoms with Crippen LogP contribution in [0.15, 0.2) is 40.5 Å². The van der Waals surface area contributed by atoms with Gasteiger partial charge >= 0.3 is 6.18 Å². The second-order valence-corrected chi connectivity index (χ2v) is 6.27. The third-order valence-corrected chi connectivity index (χ3v) is 4.70. The van der Waals surface area contributed by atoms with Crippen molar-refractivity contribution < 1.29 is 17.4 Å². The minimum absolute atomic E-state index is 0.0178. The SMILES string of the molecule is CCn1nc(S(=O)c2cccc(C(F)(F)F)c2)c2c(N)ncnc21. The Labute approximate surface area is 137 Å². The molecule has 6 nitrogen and oxygen atoms in total. The van der Waals surface area contributed by atoms with Crippen molar-refractivity contribution >= 4 is 27.7 Å². The summed E-state index contributed by atoms with van der Waals surface area (Å²) in [7, 11) is -1.95. The van der Waals surface area contributed by atoms with Crippen LogP contribution in [-0.4, -0.2) is 24.0 Å². The molecular formula is C14H12F3N5OS. The van der Waals surface area contributed by atoms with E-state index in [-0.39, 0.29) is 21.1 Å². The summed E-state index contributed by atoms with van der Waals surface area (Å²) in [5.41, 5.74) is 5.33. The standard InChI is InChI=1S/C14H12F3N5OS/c1-2-22-12-10(11(18)19-7-20-12)13(21-22)24(23)9-5-3-4-8(6-9)14(15,16)17/h3-7H,2H2,1H3,(H2,18,19,20). The van der Waals surface area contributed by atoms with E-state index >= 15 is 0 Å². The monoisotopic (exact) mass is 355 g/mol. The number of anilines is 1. The number of nitrogens with two attached hydrogens (primary N) is 1. The van der Waals surface area contributed by atoms with Gasteiger partial charge < -0.3 is 5.73 Å². The van der Waals surface area contributed by atoms with E-state index in [1.165, 1.54) is 23.1 Å². The molecule has 2 N–H and O–H groups in total. The number of aromatic nitrogens is 4. The van der Waals surface area contributed by atoms with E-state index in [0.717, 1.165) is 12.1 Å². The van der Waals surface area contributed by atoms with Gasteiger partial charge in [-0.3, -0.25) is 0 Å². The number of aryl methyl sites for hydroxylation is 1. The topological polar surface area (TPSA) is 86.7 Å². The van der Waals surface area contributed by atoms with Crippen LogP contribution in [0.4, 0.5) is 19.0 Å². The first-order chi connectivity index (χ1) is 11.3. The highest BCUT2D eigenvalue weighted by molar-refractivity contribution is 7.85. The van der Waals surface area contributed by atoms with Gasteiger partial charge in [0.15, 0.2) is 10.7 Å². The van der Waals surface area contributed by atoms with Crippen molar-refractivity contribution in [3.8, 4) is 0 Å². The number of nitrogens with zero attached hydrogens (tertiary/aromatic N) is 4. The molecule has 2 heterocycles. The number of alkyl halides is 3. The fourth-order valence-corrected chi connectivity index (χ4v) is 3.46. The lowest BCUT2D eigenvalue weighted by Crippen LogP contribution is -2.06. The first-order valence-electron chi connectivity index (χ1n) is 6.89. The zero-order chi connectivity index (χ0) is 17.5. The van der Waals surface area contributed by atoms with Gasteiger partial charge in [-0.2, -0.15) is 18.3 Å². The summed E-state index contributed by atoms with van der Waals surface area (Å²) < 4.78 is 52.8. The molecule has 0 saturated heterocycles. The van der Waals surface area contributed by atoms with Crippen LogP contribution in [-0.2, 0) is 23.5 Å². The molecule has 2 aromatic heterocycles. The van der Waals surface area contributed by atoms with Gasteiger partial charge in [0.1, 0.15) is 22.9 Å². The van der Waals surface area contributed by atoms with Gasteiger partial charge in [-0.15, -0.1) is 0 Å². The fourth-order valence-electron chi connectivity index (χ4n) is 2.25. The molecule has 3 rings (SSSR count). The normalized spacial score (nSPS) is 13.3. The molecule has 0 amide bonds. The second-order valence-electron chi connectivity index (χ2n) is 4.87. The zero-order valence-corrected chi connectivity index (χ0v) is 13.2. The number of hydrogen-bond donors (Lipinski definition) is 1. The van der Waals surface area contributed by atoms with E-state index in [0.29, 0.717) is 12.2 Å². The largest absolute Gasteiger partial charge is 0.416 e. The molecule has 0 spiro atoms. The second kappa shape index (κ2) is 5.86. The molecular weight excluding hydrogens is 343 g/mol. The lowest BCUT2D eigenvalue weighted by atomic mass is 10.2. The van der Waals surface area contributed by atoms with Crippen molar-refractivity contribution in [2.75, 3.05) is 5.73 Å². The number of nitrogen functional groups attached to an aromatic ring is 1. The summed E-state index contributed by atoms with van der Waals surface area (Å²) in [6.45, 7) is 2.24. The maximum Gasteiger partial charge on any atom is 0.416 e. The maximum absolute atomic E-state index is 12.9. The summed E-state index contributed by atoms with van der Waals surface area (Å²) >= 11 is 0. The van der Waals surface area contributed by atoms with Crippen LogP contribution in [0, 0.1) is 0 Å². The van der Waals surface area contributed by atoms with Crippen LogP contribution in [0.25, 0.3) is 11.0 Å². The van der Waals surface area contributed by atoms with Crippen molar-refractivity contribution in [2.24, 2.45) is 0 Å². The molecule has 1 unspecified atom stereocenters. The smallest absolute Gasteiger partial charge is 0.383 e. The highest BCUT2D eigenvalue weighted by Gasteiger charge is 2.31. The van der Waals surface area contributed by atoms with Crippen molar-refractivity contribution in [3.63, 3.8) is 0 Å². The molecule has 3 aromatic rings. The molecule has 1 atom stereocenters. The van der Waals surface area contributed by atoms with Crippen molar-refractivity contribution in [1.29, 1.82) is 0 Å². The molecule has 24 heavy (non-hydrogen) atoms. The Morgan fingerprint density at radius 2 is 2.04 bits per heavy atom. The van der Waals surface area contributed by atoms with Crippen LogP contribution >= 0.6 is 0 Å². The quantitative estimate of drug-likeness (QED) is 0.780. The molecule has 0 saturated carbocycles. The van der Waals surface area contributed by atoms with Crippen LogP contribution in [0.3, 0.4) is 0 Å². The first kappa shape index (κ1) is 16.4. The van der Waals surface area contributed by atoms with E-state index in [2.05, 4.69) is 15.1 Å². The zero-order valence-electron chi connectivity index (χ0n) is 12.4. The maximum atomic E-state index is 12.9. The first-order valence-corrected chi connectivity index (χ1v) is 8.04. The summed E-state index contributed by atoms with van der Waals surface area (Å²) in [6, 6.07) is 4.31. The Kier molecular flexibility index (Phi) is 3.99. The highest BCUT2D eigenvalue weighted by atomic mass is 32.2. The van der Waals surface area contributed by atoms with E-state index in [4.69, 9.17) is 5.73 Å². The molecule has 0 aliphatic heterocycles. The Balaban J connectivity index is 2.17. The molecule has 1 aromatic carbocycles. The van der Waals surface area contributed by atoms with Gasteiger partial charge in [-0.25, -0.2) is 18.9 Å². The van der Waals surface area contributed by atoms with Crippen molar-refractivity contribution in [1.82, 2.24) is 19.7 Å². The van der Waals surface area contributed by atoms with E-state index in [1.807, 2.05) is 6.92 Å². The number of hydrogen-bond acceptors (Lipinski definition) is 5. The van der Waals surface area contributed by atoms with Crippen LogP contribution in [0.2, 0.25) is 0 Å². The number of rotatable bonds is 3.